The van der Waals surface area contributed by atoms with Crippen LogP contribution in [0, 0.1) is 0 Å². The summed E-state index contributed by atoms with van der Waals surface area (Å²) in [4.78, 5) is 23.7. The largest absolute Gasteiger partial charge is 0.457 e. The molecule has 2 aromatic carbocycles. The van der Waals surface area contributed by atoms with Crippen molar-refractivity contribution >= 4 is 35.5 Å². The van der Waals surface area contributed by atoms with E-state index in [1.807, 2.05) is 26.0 Å². The number of carbonyl (C=O) groups excluding carboxylic acids is 2. The average Bonchev–Trinajstić information content (AvgIpc) is 2.78. The first-order valence-electron chi connectivity index (χ1n) is 7.74. The maximum Gasteiger partial charge on any atom is 0.230 e. The first-order valence-corrected chi connectivity index (χ1v) is 7.74. The third kappa shape index (κ3) is 3.45. The van der Waals surface area contributed by atoms with Gasteiger partial charge >= 0.3 is 0 Å². The van der Waals surface area contributed by atoms with E-state index in [0.717, 1.165) is 11.1 Å². The molecule has 2 aromatic rings. The molecule has 3 rings (SSSR count). The molecule has 0 radical (unpaired) electrons. The second-order valence-corrected chi connectivity index (χ2v) is 5.38. The Bertz CT molecular complexity index is 717. The number of Topliss-reactive ketones (excluding diaryl/α,β-unsaturated/α-hetero) is 2. The van der Waals surface area contributed by atoms with E-state index in [1.54, 1.807) is 24.3 Å². The van der Waals surface area contributed by atoms with E-state index >= 15 is 0 Å². The smallest absolute Gasteiger partial charge is 0.230 e. The van der Waals surface area contributed by atoms with Crippen molar-refractivity contribution in [3.63, 3.8) is 0 Å². The third-order valence-electron chi connectivity index (χ3n) is 3.97. The molecule has 0 aliphatic carbocycles. The van der Waals surface area contributed by atoms with Gasteiger partial charge in [-0.25, -0.2) is 0 Å². The van der Waals surface area contributed by atoms with Crippen LogP contribution in [0.2, 0.25) is 0 Å². The van der Waals surface area contributed by atoms with Crippen LogP contribution in [0.15, 0.2) is 36.4 Å². The van der Waals surface area contributed by atoms with Gasteiger partial charge in [0, 0.05) is 35.1 Å². The van der Waals surface area contributed by atoms with Gasteiger partial charge in [-0.05, 0) is 24.3 Å². The molecule has 0 atom stereocenters. The van der Waals surface area contributed by atoms with Crippen LogP contribution in [0.25, 0.3) is 11.1 Å². The molecule has 0 amide bonds. The van der Waals surface area contributed by atoms with Gasteiger partial charge in [0.25, 0.3) is 0 Å². The maximum absolute atomic E-state index is 11.9. The lowest BCUT2D eigenvalue weighted by Crippen LogP contribution is -2.05. The van der Waals surface area contributed by atoms with Crippen LogP contribution in [0.3, 0.4) is 0 Å². The molecule has 5 heteroatoms. The minimum atomic E-state index is 0. The van der Waals surface area contributed by atoms with Gasteiger partial charge in [0.15, 0.2) is 11.6 Å². The molecule has 1 heterocycles. The van der Waals surface area contributed by atoms with Gasteiger partial charge in [-0.15, -0.1) is 24.0 Å². The zero-order valence-electron chi connectivity index (χ0n) is 13.6. The molecule has 0 spiro atoms. The van der Waals surface area contributed by atoms with Crippen LogP contribution in [0.1, 0.15) is 47.4 Å². The summed E-state index contributed by atoms with van der Waals surface area (Å²) in [5.74, 6) is 1.39. The second-order valence-electron chi connectivity index (χ2n) is 5.38. The molecule has 1 aliphatic heterocycles. The van der Waals surface area contributed by atoms with Gasteiger partial charge in [-0.3, -0.25) is 9.59 Å². The van der Waals surface area contributed by atoms with Crippen molar-refractivity contribution < 1.29 is 19.1 Å². The minimum Gasteiger partial charge on any atom is -0.457 e. The van der Waals surface area contributed by atoms with Crippen molar-refractivity contribution in [2.45, 2.75) is 26.7 Å². The highest BCUT2D eigenvalue weighted by Gasteiger charge is 2.19. The highest BCUT2D eigenvalue weighted by molar-refractivity contribution is 14.0. The van der Waals surface area contributed by atoms with Crippen molar-refractivity contribution in [1.82, 2.24) is 0 Å². The molecular formula is C19H19IO4. The van der Waals surface area contributed by atoms with E-state index in [2.05, 4.69) is 0 Å². The lowest BCUT2D eigenvalue weighted by Gasteiger charge is -2.09. The van der Waals surface area contributed by atoms with Crippen LogP contribution < -0.4 is 9.47 Å². The van der Waals surface area contributed by atoms with E-state index in [4.69, 9.17) is 9.47 Å². The van der Waals surface area contributed by atoms with E-state index in [0.29, 0.717) is 35.5 Å². The van der Waals surface area contributed by atoms with Gasteiger partial charge in [0.2, 0.25) is 6.79 Å². The first-order chi connectivity index (χ1) is 11.1. The number of ketones is 2. The number of rotatable bonds is 4. The van der Waals surface area contributed by atoms with Gasteiger partial charge < -0.3 is 9.47 Å². The number of halogens is 1. The fourth-order valence-corrected chi connectivity index (χ4v) is 2.64. The standard InChI is InChI=1S/C19H18O4.HI/c1-3-16(20)12-5-7-14-15-8-6-13(17(21)4-2)10-19(15)23-11-22-18(14)9-12;/h5-10H,3-4,11H2,1-2H3;1H. The van der Waals surface area contributed by atoms with E-state index in [9.17, 15) is 9.59 Å². The second kappa shape index (κ2) is 7.79. The summed E-state index contributed by atoms with van der Waals surface area (Å²) < 4.78 is 11.3. The normalized spacial score (nSPS) is 11.8. The summed E-state index contributed by atoms with van der Waals surface area (Å²) in [6, 6.07) is 10.8. The number of hydrogen-bond acceptors (Lipinski definition) is 4. The number of ether oxygens (including phenoxy) is 2. The Morgan fingerprint density at radius 1 is 0.833 bits per heavy atom. The van der Waals surface area contributed by atoms with Crippen LogP contribution in [0.4, 0.5) is 0 Å². The lowest BCUT2D eigenvalue weighted by atomic mass is 9.97. The quantitative estimate of drug-likeness (QED) is 0.504. The monoisotopic (exact) mass is 438 g/mol. The summed E-state index contributed by atoms with van der Waals surface area (Å²) >= 11 is 0. The topological polar surface area (TPSA) is 52.6 Å². The summed E-state index contributed by atoms with van der Waals surface area (Å²) in [6.07, 6.45) is 0.905. The lowest BCUT2D eigenvalue weighted by molar-refractivity contribution is 0.0980. The molecule has 126 valence electrons. The van der Waals surface area contributed by atoms with Crippen molar-refractivity contribution in [2.75, 3.05) is 6.79 Å². The van der Waals surface area contributed by atoms with Crippen molar-refractivity contribution in [3.8, 4) is 22.6 Å². The highest BCUT2D eigenvalue weighted by Crippen LogP contribution is 2.40. The highest BCUT2D eigenvalue weighted by atomic mass is 127. The van der Waals surface area contributed by atoms with Crippen LogP contribution in [-0.4, -0.2) is 18.4 Å². The minimum absolute atomic E-state index is 0. The average molecular weight is 438 g/mol. The number of carbonyl (C=O) groups is 2. The summed E-state index contributed by atoms with van der Waals surface area (Å²) in [6.45, 7) is 3.71. The Labute approximate surface area is 158 Å². The van der Waals surface area contributed by atoms with E-state index in [-0.39, 0.29) is 42.3 Å². The van der Waals surface area contributed by atoms with Gasteiger partial charge in [0.1, 0.15) is 11.5 Å². The van der Waals surface area contributed by atoms with Crippen molar-refractivity contribution in [3.05, 3.63) is 47.5 Å². The zero-order valence-corrected chi connectivity index (χ0v) is 16.0. The molecule has 24 heavy (non-hydrogen) atoms. The van der Waals surface area contributed by atoms with Gasteiger partial charge in [-0.1, -0.05) is 26.0 Å². The van der Waals surface area contributed by atoms with E-state index in [1.165, 1.54) is 0 Å². The molecule has 0 fully saturated rings. The summed E-state index contributed by atoms with van der Waals surface area (Å²) in [7, 11) is 0. The Balaban J connectivity index is 0.00000208. The fourth-order valence-electron chi connectivity index (χ4n) is 2.64. The molecular weight excluding hydrogens is 419 g/mol. The number of fused-ring (bicyclic) bond motifs is 3. The molecule has 0 N–H and O–H groups in total. The Morgan fingerprint density at radius 3 is 1.62 bits per heavy atom. The zero-order chi connectivity index (χ0) is 16.4. The van der Waals surface area contributed by atoms with Gasteiger partial charge in [-0.2, -0.15) is 0 Å². The number of benzene rings is 2. The Hall–Kier alpha value is -1.89. The molecule has 4 nitrogen and oxygen atoms in total. The van der Waals surface area contributed by atoms with Crippen molar-refractivity contribution in [2.24, 2.45) is 0 Å². The molecule has 0 bridgehead atoms. The fraction of sp³-hybridized carbons (Fsp3) is 0.263. The van der Waals surface area contributed by atoms with Crippen molar-refractivity contribution in [1.29, 1.82) is 0 Å². The summed E-state index contributed by atoms with van der Waals surface area (Å²) in [5, 5.41) is 0. The van der Waals surface area contributed by atoms with Crippen LogP contribution in [0.5, 0.6) is 11.5 Å². The molecule has 0 saturated heterocycles. The maximum atomic E-state index is 11.9. The molecule has 0 saturated carbocycles. The van der Waals surface area contributed by atoms with E-state index < -0.39 is 0 Å². The Morgan fingerprint density at radius 2 is 1.25 bits per heavy atom. The molecule has 1 aliphatic rings. The third-order valence-corrected chi connectivity index (χ3v) is 3.97. The summed E-state index contributed by atoms with van der Waals surface area (Å²) in [5.41, 5.74) is 2.99. The first kappa shape index (κ1) is 18.4. The predicted octanol–water partition coefficient (Wildman–Crippen LogP) is 4.89. The molecule has 0 aromatic heterocycles. The Kier molecular flexibility index (Phi) is 5.99. The SMILES string of the molecule is CCC(=O)c1ccc2c(c1)OCOc1cc(C(=O)CC)ccc1-2.I. The van der Waals surface area contributed by atoms with Crippen LogP contribution >= 0.6 is 24.0 Å². The van der Waals surface area contributed by atoms with Gasteiger partial charge in [0.05, 0.1) is 0 Å². The molecule has 0 unspecified atom stereocenters. The predicted molar refractivity (Wildman–Crippen MR) is 103 cm³/mol. The van der Waals surface area contributed by atoms with Crippen LogP contribution in [-0.2, 0) is 0 Å². The number of hydrogen-bond donors (Lipinski definition) is 0.